The topological polar surface area (TPSA) is 91.0 Å². The molecule has 2 heterocycles. The number of rotatable bonds is 9. The summed E-state index contributed by atoms with van der Waals surface area (Å²) >= 11 is 1.39. The van der Waals surface area contributed by atoms with Gasteiger partial charge in [0.15, 0.2) is 6.10 Å². The average Bonchev–Trinajstić information content (AvgIpc) is 3.54. The Morgan fingerprint density at radius 3 is 2.76 bits per heavy atom. The van der Waals surface area contributed by atoms with Gasteiger partial charge in [-0.3, -0.25) is 0 Å². The third-order valence-electron chi connectivity index (χ3n) is 5.10. The lowest BCUT2D eigenvalue weighted by molar-refractivity contribution is -0.159. The van der Waals surface area contributed by atoms with Gasteiger partial charge in [0, 0.05) is 34.7 Å². The van der Waals surface area contributed by atoms with E-state index in [9.17, 15) is 9.90 Å². The summed E-state index contributed by atoms with van der Waals surface area (Å²) in [6.45, 7) is 1.89. The van der Waals surface area contributed by atoms with E-state index in [1.54, 1.807) is 19.1 Å². The quantitative estimate of drug-likeness (QED) is 0.353. The van der Waals surface area contributed by atoms with E-state index >= 15 is 0 Å². The lowest BCUT2D eigenvalue weighted by Gasteiger charge is -2.20. The smallest absolute Gasteiger partial charge is 0.338 e. The molecule has 4 rings (SSSR count). The number of oxazole rings is 1. The molecule has 0 saturated carbocycles. The average molecular weight is 473 g/mol. The van der Waals surface area contributed by atoms with Gasteiger partial charge in [-0.25, -0.2) is 9.78 Å². The molecule has 0 spiro atoms. The van der Waals surface area contributed by atoms with Crippen molar-refractivity contribution in [2.75, 3.05) is 20.8 Å². The molecule has 2 aromatic heterocycles. The number of carbonyl (C=O) groups excluding carboxylic acids is 1. The molecule has 0 amide bonds. The summed E-state index contributed by atoms with van der Waals surface area (Å²) in [4.78, 5) is 16.4. The number of fused-ring (bicyclic) bond motifs is 1. The molecular formula is C25H25NO6S. The van der Waals surface area contributed by atoms with Crippen molar-refractivity contribution >= 4 is 27.4 Å². The van der Waals surface area contributed by atoms with Crippen molar-refractivity contribution in [1.29, 1.82) is 0 Å². The van der Waals surface area contributed by atoms with Gasteiger partial charge in [-0.15, -0.1) is 11.3 Å². The predicted molar refractivity (Wildman–Crippen MR) is 125 cm³/mol. The van der Waals surface area contributed by atoms with Crippen molar-refractivity contribution in [3.8, 4) is 17.2 Å². The first-order valence-corrected chi connectivity index (χ1v) is 10.9. The van der Waals surface area contributed by atoms with Crippen LogP contribution in [0.15, 0.2) is 58.2 Å². The fraction of sp³-hybridized carbons (Fsp3) is 0.280. The highest BCUT2D eigenvalue weighted by Gasteiger charge is 2.30. The zero-order valence-corrected chi connectivity index (χ0v) is 19.0. The Bertz CT molecular complexity index is 1470. The second kappa shape index (κ2) is 10.2. The van der Waals surface area contributed by atoms with Gasteiger partial charge in [-0.2, -0.15) is 0 Å². The van der Waals surface area contributed by atoms with Gasteiger partial charge in [0.1, 0.15) is 17.6 Å². The number of aromatic nitrogens is 1. The summed E-state index contributed by atoms with van der Waals surface area (Å²) < 4.78 is 62.0. The Kier molecular flexibility index (Phi) is 5.33. The summed E-state index contributed by atoms with van der Waals surface area (Å²) in [5, 5.41) is 13.4. The van der Waals surface area contributed by atoms with Crippen LogP contribution in [-0.2, 0) is 20.7 Å². The summed E-state index contributed by atoms with van der Waals surface area (Å²) in [5.74, 6) is 0.279. The Morgan fingerprint density at radius 1 is 1.24 bits per heavy atom. The Hall–Kier alpha value is -3.20. The third-order valence-corrected chi connectivity index (χ3v) is 6.07. The van der Waals surface area contributed by atoms with Crippen LogP contribution < -0.4 is 4.74 Å². The molecule has 0 bridgehead atoms. The van der Waals surface area contributed by atoms with Crippen LogP contribution in [0, 0.1) is 6.92 Å². The molecule has 4 aromatic rings. The molecule has 0 fully saturated rings. The third kappa shape index (κ3) is 4.78. The highest BCUT2D eigenvalue weighted by Crippen LogP contribution is 2.37. The predicted octanol–water partition coefficient (Wildman–Crippen LogP) is 4.71. The molecule has 0 aliphatic rings. The normalized spacial score (nSPS) is 15.2. The first kappa shape index (κ1) is 17.3. The monoisotopic (exact) mass is 472 g/mol. The Balaban J connectivity index is 1.54. The van der Waals surface area contributed by atoms with Crippen LogP contribution in [0.5, 0.6) is 5.75 Å². The van der Waals surface area contributed by atoms with Crippen molar-refractivity contribution in [1.82, 2.24) is 4.98 Å². The van der Waals surface area contributed by atoms with Crippen molar-refractivity contribution in [2.45, 2.75) is 25.6 Å². The number of hydrogen-bond acceptors (Lipinski definition) is 8. The maximum Gasteiger partial charge on any atom is 0.338 e. The van der Waals surface area contributed by atoms with E-state index in [2.05, 4.69) is 4.98 Å². The van der Waals surface area contributed by atoms with Gasteiger partial charge in [0.05, 0.1) is 26.3 Å². The van der Waals surface area contributed by atoms with Crippen molar-refractivity contribution in [3.05, 3.63) is 70.8 Å². The zero-order valence-electron chi connectivity index (χ0n) is 23.2. The minimum atomic E-state index is -1.24. The summed E-state index contributed by atoms with van der Waals surface area (Å²) in [6.07, 6.45) is -2.08. The van der Waals surface area contributed by atoms with E-state index in [0.29, 0.717) is 29.2 Å². The van der Waals surface area contributed by atoms with Crippen molar-refractivity contribution < 1.29 is 35.4 Å². The zero-order chi connectivity index (χ0) is 27.7. The van der Waals surface area contributed by atoms with Crippen LogP contribution in [0.3, 0.4) is 0 Å². The van der Waals surface area contributed by atoms with Crippen LogP contribution in [-0.4, -0.2) is 43.0 Å². The summed E-state index contributed by atoms with van der Waals surface area (Å²) in [6, 6.07) is 3.05. The standard InChI is InChI=1S/C25H25NO6S/c1-15-19(26-24(32-15)16-7-5-4-6-8-16)11-13-31-20-10-9-18(23-17(20)12-14-33-23)21(27)22(29-2)25(28)30-3/h4-10,12,14,21-22,27H,11,13H2,1-3H3/i4D,5D,6D,7D,8D. The van der Waals surface area contributed by atoms with E-state index in [-0.39, 0.29) is 30.1 Å². The lowest BCUT2D eigenvalue weighted by atomic mass is 10.0. The van der Waals surface area contributed by atoms with E-state index < -0.39 is 36.3 Å². The van der Waals surface area contributed by atoms with Crippen molar-refractivity contribution in [2.24, 2.45) is 0 Å². The molecule has 172 valence electrons. The van der Waals surface area contributed by atoms with E-state index in [4.69, 9.17) is 25.5 Å². The molecule has 33 heavy (non-hydrogen) atoms. The second-order valence-corrected chi connectivity index (χ2v) is 7.98. The van der Waals surface area contributed by atoms with Gasteiger partial charge < -0.3 is 23.7 Å². The fourth-order valence-electron chi connectivity index (χ4n) is 3.43. The van der Waals surface area contributed by atoms with Gasteiger partial charge >= 0.3 is 5.97 Å². The molecule has 0 aliphatic carbocycles. The molecule has 1 N–H and O–H groups in total. The van der Waals surface area contributed by atoms with Gasteiger partial charge in [0.2, 0.25) is 5.89 Å². The maximum absolute atomic E-state index is 12.0. The molecule has 0 saturated heterocycles. The molecule has 2 unspecified atom stereocenters. The first-order chi connectivity index (χ1) is 18.1. The number of ether oxygens (including phenoxy) is 3. The molecule has 0 aliphatic heterocycles. The molecule has 0 radical (unpaired) electrons. The number of esters is 1. The number of aliphatic hydroxyl groups is 1. The first-order valence-electron chi connectivity index (χ1n) is 12.6. The maximum atomic E-state index is 12.0. The minimum Gasteiger partial charge on any atom is -0.493 e. The summed E-state index contributed by atoms with van der Waals surface area (Å²) in [5.41, 5.74) is 0.943. The number of benzene rings is 2. The molecule has 2 aromatic carbocycles. The van der Waals surface area contributed by atoms with Crippen LogP contribution >= 0.6 is 11.3 Å². The highest BCUT2D eigenvalue weighted by atomic mass is 32.1. The minimum absolute atomic E-state index is 0.0497. The lowest BCUT2D eigenvalue weighted by Crippen LogP contribution is -2.31. The van der Waals surface area contributed by atoms with E-state index in [0.717, 1.165) is 10.1 Å². The molecular weight excluding hydrogens is 442 g/mol. The van der Waals surface area contributed by atoms with Gasteiger partial charge in [-0.1, -0.05) is 24.2 Å². The number of hydrogen-bond donors (Lipinski definition) is 1. The summed E-state index contributed by atoms with van der Waals surface area (Å²) in [7, 11) is 2.55. The van der Waals surface area contributed by atoms with Gasteiger partial charge in [0.25, 0.3) is 0 Å². The molecule has 7 nitrogen and oxygen atoms in total. The number of nitrogens with zero attached hydrogens (tertiary/aromatic N) is 1. The molecule has 2 atom stereocenters. The largest absolute Gasteiger partial charge is 0.493 e. The van der Waals surface area contributed by atoms with Gasteiger partial charge in [-0.05, 0) is 36.5 Å². The molecule has 8 heteroatoms. The number of aliphatic hydroxyl groups excluding tert-OH is 1. The fourth-order valence-corrected chi connectivity index (χ4v) is 4.39. The number of methoxy groups -OCH3 is 2. The SMILES string of the molecule is [2H]c1c([2H])c([2H])c(-c2nc(CCOc3ccc(C(O)C(OC)C(=O)OC)c4sccc34)c(C)o2)c([2H])c1[2H]. The highest BCUT2D eigenvalue weighted by molar-refractivity contribution is 7.17. The Labute approximate surface area is 202 Å². The van der Waals surface area contributed by atoms with Crippen molar-refractivity contribution in [3.63, 3.8) is 0 Å². The second-order valence-electron chi connectivity index (χ2n) is 7.06. The van der Waals surface area contributed by atoms with Crippen LogP contribution in [0.1, 0.15) is 30.0 Å². The van der Waals surface area contributed by atoms with E-state index in [1.807, 2.05) is 11.4 Å². The Morgan fingerprint density at radius 2 is 2.03 bits per heavy atom. The van der Waals surface area contributed by atoms with Crippen LogP contribution in [0.25, 0.3) is 21.5 Å². The number of carbonyl (C=O) groups is 1. The number of aryl methyl sites for hydroxylation is 1. The van der Waals surface area contributed by atoms with Crippen LogP contribution in [0.4, 0.5) is 0 Å². The van der Waals surface area contributed by atoms with Crippen LogP contribution in [0.2, 0.25) is 0 Å². The van der Waals surface area contributed by atoms with E-state index in [1.165, 1.54) is 25.6 Å². The number of thiophene rings is 1.